The van der Waals surface area contributed by atoms with Crippen molar-refractivity contribution in [2.75, 3.05) is 19.7 Å². The summed E-state index contributed by atoms with van der Waals surface area (Å²) in [6.45, 7) is 7.45. The van der Waals surface area contributed by atoms with E-state index in [0.717, 1.165) is 18.0 Å². The Morgan fingerprint density at radius 1 is 1.38 bits per heavy atom. The highest BCUT2D eigenvalue weighted by Gasteiger charge is 2.40. The van der Waals surface area contributed by atoms with Crippen LogP contribution in [0.2, 0.25) is 0 Å². The Kier molecular flexibility index (Phi) is 4.31. The average molecular weight is 292 g/mol. The lowest BCUT2D eigenvalue weighted by atomic mass is 9.94. The van der Waals surface area contributed by atoms with Crippen LogP contribution in [0.4, 0.5) is 4.79 Å². The summed E-state index contributed by atoms with van der Waals surface area (Å²) < 4.78 is 10.7. The highest BCUT2D eigenvalue weighted by atomic mass is 16.8. The van der Waals surface area contributed by atoms with E-state index in [9.17, 15) is 4.79 Å². The van der Waals surface area contributed by atoms with E-state index in [1.54, 1.807) is 0 Å². The monoisotopic (exact) mass is 292 g/mol. The lowest BCUT2D eigenvalue weighted by Gasteiger charge is -2.18. The number of allylic oxidation sites excluding steroid dienone is 2. The maximum Gasteiger partial charge on any atom is 0.314 e. The van der Waals surface area contributed by atoms with Crippen LogP contribution in [0.3, 0.4) is 0 Å². The van der Waals surface area contributed by atoms with E-state index < -0.39 is 0 Å². The average Bonchev–Trinajstić information content (AvgIpc) is 2.94. The predicted octanol–water partition coefficient (Wildman–Crippen LogP) is 1.82. The predicted molar refractivity (Wildman–Crippen MR) is 79.7 cm³/mol. The van der Waals surface area contributed by atoms with Gasteiger partial charge in [0.25, 0.3) is 0 Å². The minimum absolute atomic E-state index is 0.0321. The Labute approximate surface area is 125 Å². The zero-order chi connectivity index (χ0) is 14.8. The Morgan fingerprint density at radius 3 is 2.86 bits per heavy atom. The van der Waals surface area contributed by atoms with Gasteiger partial charge in [-0.2, -0.15) is 0 Å². The van der Waals surface area contributed by atoms with Crippen LogP contribution in [-0.4, -0.2) is 38.1 Å². The van der Waals surface area contributed by atoms with Crippen molar-refractivity contribution in [2.24, 2.45) is 17.8 Å². The molecule has 3 rings (SSSR count). The summed E-state index contributed by atoms with van der Waals surface area (Å²) >= 11 is 0. The third kappa shape index (κ3) is 3.66. The van der Waals surface area contributed by atoms with Gasteiger partial charge in [0, 0.05) is 13.1 Å². The van der Waals surface area contributed by atoms with Gasteiger partial charge < -0.3 is 20.1 Å². The Bertz CT molecular complexity index is 449. The van der Waals surface area contributed by atoms with E-state index in [0.29, 0.717) is 25.0 Å². The van der Waals surface area contributed by atoms with Crippen LogP contribution in [0, 0.1) is 17.8 Å². The molecule has 0 radical (unpaired) electrons. The fourth-order valence-electron chi connectivity index (χ4n) is 3.33. The van der Waals surface area contributed by atoms with E-state index in [-0.39, 0.29) is 18.4 Å². The fourth-order valence-corrected chi connectivity index (χ4v) is 3.33. The van der Waals surface area contributed by atoms with Crippen LogP contribution in [0.15, 0.2) is 24.3 Å². The lowest BCUT2D eigenvalue weighted by Crippen LogP contribution is -2.40. The van der Waals surface area contributed by atoms with Crippen molar-refractivity contribution in [3.05, 3.63) is 24.3 Å². The highest BCUT2D eigenvalue weighted by molar-refractivity contribution is 5.73. The second-order valence-corrected chi connectivity index (χ2v) is 6.32. The second kappa shape index (κ2) is 6.20. The van der Waals surface area contributed by atoms with E-state index in [1.165, 1.54) is 12.8 Å². The van der Waals surface area contributed by atoms with Gasteiger partial charge in [-0.15, -0.1) is 0 Å². The van der Waals surface area contributed by atoms with E-state index in [1.807, 2.05) is 6.92 Å². The van der Waals surface area contributed by atoms with Crippen molar-refractivity contribution in [2.45, 2.75) is 32.2 Å². The molecule has 1 aliphatic heterocycles. The lowest BCUT2D eigenvalue weighted by molar-refractivity contribution is 0.0529. The van der Waals surface area contributed by atoms with Crippen molar-refractivity contribution in [3.8, 4) is 0 Å². The zero-order valence-electron chi connectivity index (χ0n) is 12.5. The largest absolute Gasteiger partial charge is 0.348 e. The van der Waals surface area contributed by atoms with E-state index in [2.05, 4.69) is 29.4 Å². The molecular formula is C16H24N2O3. The molecule has 2 aliphatic carbocycles. The third-order valence-corrected chi connectivity index (χ3v) is 4.55. The minimum atomic E-state index is -0.173. The van der Waals surface area contributed by atoms with Gasteiger partial charge in [-0.1, -0.05) is 18.7 Å². The van der Waals surface area contributed by atoms with Crippen LogP contribution >= 0.6 is 0 Å². The van der Waals surface area contributed by atoms with Crippen molar-refractivity contribution in [1.29, 1.82) is 0 Å². The molecule has 21 heavy (non-hydrogen) atoms. The standard InChI is InChI=1S/C16H24N2O3/c1-10(2)14-15(21-14)20-6-5-17-16(19)18-9-13-8-11-3-4-12(13)7-11/h3-4,11-15H,1,5-9H2,2H3,(H2,17,18,19). The van der Waals surface area contributed by atoms with Crippen LogP contribution in [-0.2, 0) is 9.47 Å². The molecular weight excluding hydrogens is 268 g/mol. The van der Waals surface area contributed by atoms with Crippen molar-refractivity contribution in [1.82, 2.24) is 10.6 Å². The van der Waals surface area contributed by atoms with Crippen LogP contribution in [0.25, 0.3) is 0 Å². The number of ether oxygens (including phenoxy) is 2. The maximum atomic E-state index is 11.7. The molecule has 2 amide bonds. The summed E-state index contributed by atoms with van der Waals surface area (Å²) in [5.41, 5.74) is 0.977. The molecule has 116 valence electrons. The van der Waals surface area contributed by atoms with Crippen LogP contribution < -0.4 is 10.6 Å². The first-order valence-corrected chi connectivity index (χ1v) is 7.76. The molecule has 1 heterocycles. The topological polar surface area (TPSA) is 62.9 Å². The minimum Gasteiger partial charge on any atom is -0.348 e. The number of hydrogen-bond acceptors (Lipinski definition) is 3. The second-order valence-electron chi connectivity index (χ2n) is 6.32. The summed E-state index contributed by atoms with van der Waals surface area (Å²) in [5, 5.41) is 5.76. The summed E-state index contributed by atoms with van der Waals surface area (Å²) in [5.74, 6) is 2.03. The van der Waals surface area contributed by atoms with E-state index in [4.69, 9.17) is 9.47 Å². The van der Waals surface area contributed by atoms with Crippen LogP contribution in [0.5, 0.6) is 0 Å². The molecule has 5 unspecified atom stereocenters. The fraction of sp³-hybridized carbons (Fsp3) is 0.688. The number of amides is 2. The van der Waals surface area contributed by atoms with Gasteiger partial charge in [-0.3, -0.25) is 0 Å². The Morgan fingerprint density at radius 2 is 2.24 bits per heavy atom. The summed E-state index contributed by atoms with van der Waals surface area (Å²) in [7, 11) is 0. The van der Waals surface area contributed by atoms with Gasteiger partial charge in [0.05, 0.1) is 6.61 Å². The molecule has 1 saturated heterocycles. The SMILES string of the molecule is C=C(C)C1OC1OCCNC(=O)NCC1CC2C=CC1C2. The highest BCUT2D eigenvalue weighted by Crippen LogP contribution is 2.42. The number of hydrogen-bond donors (Lipinski definition) is 2. The number of fused-ring (bicyclic) bond motifs is 2. The zero-order valence-corrected chi connectivity index (χ0v) is 12.5. The van der Waals surface area contributed by atoms with Crippen molar-refractivity contribution < 1.29 is 14.3 Å². The molecule has 5 nitrogen and oxygen atoms in total. The Balaban J connectivity index is 1.22. The maximum absolute atomic E-state index is 11.7. The van der Waals surface area contributed by atoms with Crippen LogP contribution in [0.1, 0.15) is 19.8 Å². The quantitative estimate of drug-likeness (QED) is 0.427. The number of carbonyl (C=O) groups excluding carboxylic acids is 1. The summed E-state index contributed by atoms with van der Waals surface area (Å²) in [6.07, 6.45) is 6.97. The smallest absolute Gasteiger partial charge is 0.314 e. The molecule has 2 bridgehead atoms. The molecule has 1 saturated carbocycles. The first-order valence-electron chi connectivity index (χ1n) is 7.76. The summed E-state index contributed by atoms with van der Waals surface area (Å²) in [6, 6.07) is -0.112. The number of nitrogens with one attached hydrogen (secondary N) is 2. The number of rotatable bonds is 7. The van der Waals surface area contributed by atoms with Gasteiger partial charge in [0.1, 0.15) is 6.10 Å². The molecule has 5 atom stereocenters. The Hall–Kier alpha value is -1.33. The molecule has 0 spiro atoms. The summed E-state index contributed by atoms with van der Waals surface area (Å²) in [4.78, 5) is 11.7. The van der Waals surface area contributed by atoms with E-state index >= 15 is 0 Å². The third-order valence-electron chi connectivity index (χ3n) is 4.55. The van der Waals surface area contributed by atoms with Gasteiger partial charge >= 0.3 is 6.03 Å². The molecule has 0 aromatic rings. The van der Waals surface area contributed by atoms with Gasteiger partial charge in [0.2, 0.25) is 0 Å². The molecule has 2 N–H and O–H groups in total. The first kappa shape index (κ1) is 14.6. The number of epoxide rings is 1. The van der Waals surface area contributed by atoms with Gasteiger partial charge in [0.15, 0.2) is 6.29 Å². The van der Waals surface area contributed by atoms with Crippen molar-refractivity contribution >= 4 is 6.03 Å². The van der Waals surface area contributed by atoms with Crippen molar-refractivity contribution in [3.63, 3.8) is 0 Å². The molecule has 0 aromatic carbocycles. The first-order chi connectivity index (χ1) is 10.1. The normalized spacial score (nSPS) is 35.8. The molecule has 2 fully saturated rings. The molecule has 5 heteroatoms. The molecule has 0 aromatic heterocycles. The van der Waals surface area contributed by atoms with Gasteiger partial charge in [-0.05, 0) is 43.1 Å². The molecule has 3 aliphatic rings. The number of carbonyl (C=O) groups is 1. The number of urea groups is 1. The van der Waals surface area contributed by atoms with Gasteiger partial charge in [-0.25, -0.2) is 4.79 Å².